The summed E-state index contributed by atoms with van der Waals surface area (Å²) in [5, 5.41) is 2.83. The minimum atomic E-state index is -0.676. The van der Waals surface area contributed by atoms with Gasteiger partial charge in [0.1, 0.15) is 11.6 Å². The fourth-order valence-electron chi connectivity index (χ4n) is 2.78. The van der Waals surface area contributed by atoms with E-state index in [4.69, 9.17) is 0 Å². The minimum absolute atomic E-state index is 0.107. The number of carbonyl (C=O) groups is 1. The molecule has 1 aromatic carbocycles. The topological polar surface area (TPSA) is 29.1 Å². The van der Waals surface area contributed by atoms with E-state index in [1.54, 1.807) is 0 Å². The second kappa shape index (κ2) is 4.34. The maximum atomic E-state index is 14.1. The molecule has 1 aliphatic heterocycles. The molecule has 2 nitrogen and oxygen atoms in total. The molecule has 0 spiro atoms. The third-order valence-corrected chi connectivity index (χ3v) is 3.90. The number of benzene rings is 1. The molecule has 18 heavy (non-hydrogen) atoms. The van der Waals surface area contributed by atoms with E-state index in [-0.39, 0.29) is 29.5 Å². The first-order valence-electron chi connectivity index (χ1n) is 6.14. The maximum absolute atomic E-state index is 14.1. The summed E-state index contributed by atoms with van der Waals surface area (Å²) in [5.41, 5.74) is -0.106. The van der Waals surface area contributed by atoms with Gasteiger partial charge in [-0.3, -0.25) is 4.79 Å². The molecule has 1 aliphatic rings. The van der Waals surface area contributed by atoms with Gasteiger partial charge in [-0.1, -0.05) is 13.8 Å². The van der Waals surface area contributed by atoms with Gasteiger partial charge in [0.15, 0.2) is 0 Å². The minimum Gasteiger partial charge on any atom is -0.352 e. The third kappa shape index (κ3) is 1.89. The van der Waals surface area contributed by atoms with Crippen LogP contribution in [0.2, 0.25) is 0 Å². The predicted molar refractivity (Wildman–Crippen MR) is 65.3 cm³/mol. The second-order valence-corrected chi connectivity index (χ2v) is 5.20. The highest BCUT2D eigenvalue weighted by molar-refractivity contribution is 5.81. The molecular formula is C14H17F2NO. The number of aryl methyl sites for hydroxylation is 1. The van der Waals surface area contributed by atoms with Gasteiger partial charge in [-0.25, -0.2) is 8.78 Å². The lowest BCUT2D eigenvalue weighted by molar-refractivity contribution is -0.119. The van der Waals surface area contributed by atoms with Crippen LogP contribution in [0.5, 0.6) is 0 Å². The van der Waals surface area contributed by atoms with Crippen LogP contribution in [0.1, 0.15) is 37.8 Å². The summed E-state index contributed by atoms with van der Waals surface area (Å²) < 4.78 is 27.7. The molecule has 1 fully saturated rings. The number of carbonyl (C=O) groups excluding carboxylic acids is 1. The van der Waals surface area contributed by atoms with Crippen molar-refractivity contribution in [1.82, 2.24) is 5.32 Å². The predicted octanol–water partition coefficient (Wildman–Crippen LogP) is 2.83. The van der Waals surface area contributed by atoms with Gasteiger partial charge in [0, 0.05) is 17.9 Å². The first kappa shape index (κ1) is 13.0. The van der Waals surface area contributed by atoms with Crippen molar-refractivity contribution in [1.29, 1.82) is 0 Å². The molecule has 1 aromatic rings. The Morgan fingerprint density at radius 1 is 1.39 bits per heavy atom. The molecule has 2 rings (SSSR count). The SMILES string of the molecule is CCC1NC(=O)CC1(C)c1cc(F)c(C)cc1F. The molecular weight excluding hydrogens is 236 g/mol. The van der Waals surface area contributed by atoms with Crippen molar-refractivity contribution in [2.24, 2.45) is 0 Å². The number of hydrogen-bond acceptors (Lipinski definition) is 1. The molecule has 0 saturated carbocycles. The van der Waals surface area contributed by atoms with Gasteiger partial charge >= 0.3 is 0 Å². The van der Waals surface area contributed by atoms with Crippen LogP contribution in [-0.2, 0) is 10.2 Å². The van der Waals surface area contributed by atoms with Crippen LogP contribution in [0.4, 0.5) is 8.78 Å². The van der Waals surface area contributed by atoms with Crippen LogP contribution >= 0.6 is 0 Å². The first-order valence-corrected chi connectivity index (χ1v) is 6.14. The van der Waals surface area contributed by atoms with E-state index in [2.05, 4.69) is 5.32 Å². The zero-order chi connectivity index (χ0) is 13.5. The number of rotatable bonds is 2. The number of hydrogen-bond donors (Lipinski definition) is 1. The quantitative estimate of drug-likeness (QED) is 0.862. The Kier molecular flexibility index (Phi) is 3.13. The molecule has 0 aromatic heterocycles. The van der Waals surface area contributed by atoms with Gasteiger partial charge in [-0.05, 0) is 36.6 Å². The summed E-state index contributed by atoms with van der Waals surface area (Å²) in [6.07, 6.45) is 0.891. The summed E-state index contributed by atoms with van der Waals surface area (Å²) >= 11 is 0. The monoisotopic (exact) mass is 253 g/mol. The first-order chi connectivity index (χ1) is 8.38. The molecule has 98 valence electrons. The smallest absolute Gasteiger partial charge is 0.221 e. The summed E-state index contributed by atoms with van der Waals surface area (Å²) in [7, 11) is 0. The highest BCUT2D eigenvalue weighted by atomic mass is 19.1. The Balaban J connectivity index is 2.53. The Morgan fingerprint density at radius 2 is 2.06 bits per heavy atom. The highest BCUT2D eigenvalue weighted by Crippen LogP contribution is 2.39. The van der Waals surface area contributed by atoms with Gasteiger partial charge in [0.2, 0.25) is 5.91 Å². The van der Waals surface area contributed by atoms with Crippen LogP contribution in [0.25, 0.3) is 0 Å². The maximum Gasteiger partial charge on any atom is 0.221 e. The largest absolute Gasteiger partial charge is 0.352 e. The fourth-order valence-corrected chi connectivity index (χ4v) is 2.78. The van der Waals surface area contributed by atoms with E-state index >= 15 is 0 Å². The van der Waals surface area contributed by atoms with Crippen molar-refractivity contribution >= 4 is 5.91 Å². The average Bonchev–Trinajstić information content (AvgIpc) is 2.59. The van der Waals surface area contributed by atoms with Crippen LogP contribution in [-0.4, -0.2) is 11.9 Å². The zero-order valence-corrected chi connectivity index (χ0v) is 10.8. The number of nitrogens with one attached hydrogen (secondary N) is 1. The molecule has 1 amide bonds. The molecule has 0 bridgehead atoms. The molecule has 4 heteroatoms. The molecule has 0 aliphatic carbocycles. The fraction of sp³-hybridized carbons (Fsp3) is 0.500. The molecule has 1 N–H and O–H groups in total. The van der Waals surface area contributed by atoms with E-state index in [9.17, 15) is 13.6 Å². The van der Waals surface area contributed by atoms with E-state index in [1.807, 2.05) is 13.8 Å². The van der Waals surface area contributed by atoms with Gasteiger partial charge in [-0.15, -0.1) is 0 Å². The van der Waals surface area contributed by atoms with E-state index in [0.29, 0.717) is 6.42 Å². The Hall–Kier alpha value is -1.45. The van der Waals surface area contributed by atoms with Crippen LogP contribution < -0.4 is 5.32 Å². The van der Waals surface area contributed by atoms with Crippen molar-refractivity contribution < 1.29 is 13.6 Å². The van der Waals surface area contributed by atoms with Crippen LogP contribution in [0.15, 0.2) is 12.1 Å². The molecule has 1 heterocycles. The Labute approximate surface area is 105 Å². The van der Waals surface area contributed by atoms with Crippen LogP contribution in [0, 0.1) is 18.6 Å². The van der Waals surface area contributed by atoms with Gasteiger partial charge in [0.05, 0.1) is 0 Å². The van der Waals surface area contributed by atoms with Crippen LogP contribution in [0.3, 0.4) is 0 Å². The van der Waals surface area contributed by atoms with E-state index < -0.39 is 17.0 Å². The molecule has 0 radical (unpaired) electrons. The number of amides is 1. The standard InChI is InChI=1S/C14H17F2NO/c1-4-12-14(3,7-13(18)17-12)9-6-10(15)8(2)5-11(9)16/h5-6,12H,4,7H2,1-3H3,(H,17,18). The van der Waals surface area contributed by atoms with Gasteiger partial charge in [0.25, 0.3) is 0 Å². The zero-order valence-electron chi connectivity index (χ0n) is 10.8. The molecule has 1 saturated heterocycles. The van der Waals surface area contributed by atoms with E-state index in [0.717, 1.165) is 0 Å². The van der Waals surface area contributed by atoms with E-state index in [1.165, 1.54) is 19.1 Å². The number of halogens is 2. The lowest BCUT2D eigenvalue weighted by atomic mass is 9.74. The summed E-state index contributed by atoms with van der Waals surface area (Å²) in [6.45, 7) is 5.27. The lowest BCUT2D eigenvalue weighted by Crippen LogP contribution is -2.38. The Morgan fingerprint density at radius 3 is 2.67 bits per heavy atom. The second-order valence-electron chi connectivity index (χ2n) is 5.20. The third-order valence-electron chi connectivity index (χ3n) is 3.90. The normalized spacial score (nSPS) is 27.4. The summed E-state index contributed by atoms with van der Waals surface area (Å²) in [6, 6.07) is 2.28. The summed E-state index contributed by atoms with van der Waals surface area (Å²) in [4.78, 5) is 11.5. The van der Waals surface area contributed by atoms with Crippen molar-refractivity contribution in [3.05, 3.63) is 34.9 Å². The van der Waals surface area contributed by atoms with Crippen molar-refractivity contribution in [3.8, 4) is 0 Å². The lowest BCUT2D eigenvalue weighted by Gasteiger charge is -2.30. The molecule has 2 unspecified atom stereocenters. The molecule has 2 atom stereocenters. The van der Waals surface area contributed by atoms with Crippen molar-refractivity contribution in [3.63, 3.8) is 0 Å². The van der Waals surface area contributed by atoms with Gasteiger partial charge in [-0.2, -0.15) is 0 Å². The van der Waals surface area contributed by atoms with Crippen molar-refractivity contribution in [2.75, 3.05) is 0 Å². The van der Waals surface area contributed by atoms with Gasteiger partial charge < -0.3 is 5.32 Å². The highest BCUT2D eigenvalue weighted by Gasteiger charge is 2.45. The average molecular weight is 253 g/mol. The van der Waals surface area contributed by atoms with Crippen molar-refractivity contribution in [2.45, 2.75) is 45.1 Å². The summed E-state index contributed by atoms with van der Waals surface area (Å²) in [5.74, 6) is -0.974. The Bertz CT molecular complexity index is 501.